The van der Waals surface area contributed by atoms with E-state index in [0.717, 1.165) is 22.4 Å². The minimum atomic E-state index is -4.94. The number of carboxylic acids is 1. The zero-order chi connectivity index (χ0) is 40.7. The highest BCUT2D eigenvalue weighted by molar-refractivity contribution is 5.82. The number of carbonyl (C=O) groups excluding carboxylic acids is 1. The molecule has 1 aromatic heterocycles. The van der Waals surface area contributed by atoms with Crippen LogP contribution in [0.15, 0.2) is 35.3 Å². The number of nitrogens with zero attached hydrogens (tertiary/aromatic N) is 2. The number of carboxylic acid groups (broad SMARTS) is 1. The van der Waals surface area contributed by atoms with E-state index >= 15 is 8.78 Å². The predicted molar refractivity (Wildman–Crippen MR) is 193 cm³/mol. The minimum Gasteiger partial charge on any atom is -0.481 e. The van der Waals surface area contributed by atoms with Gasteiger partial charge in [0.05, 0.1) is 23.6 Å². The first-order valence-electron chi connectivity index (χ1n) is 18.1. The number of alkyl halides is 5. The van der Waals surface area contributed by atoms with Gasteiger partial charge in [-0.2, -0.15) is 13.2 Å². The minimum absolute atomic E-state index is 0.118. The lowest BCUT2D eigenvalue weighted by molar-refractivity contribution is -0.139. The Balaban J connectivity index is 1.56. The Bertz CT molecular complexity index is 2050. The first-order valence-corrected chi connectivity index (χ1v) is 18.1. The molecule has 296 valence electrons. The number of amides is 1. The number of aryl methyl sites for hydroxylation is 3. The zero-order valence-electron chi connectivity index (χ0n) is 31.2. The Kier molecular flexibility index (Phi) is 12.0. The highest BCUT2D eigenvalue weighted by atomic mass is 19.4. The lowest BCUT2D eigenvalue weighted by atomic mass is 9.87. The van der Waals surface area contributed by atoms with E-state index in [1.807, 2.05) is 6.92 Å². The molecule has 1 saturated heterocycles. The van der Waals surface area contributed by atoms with Crippen molar-refractivity contribution < 1.29 is 45.4 Å². The molecule has 1 amide bonds. The number of terminal acetylenes is 1. The maximum Gasteiger partial charge on any atom is 0.416 e. The zero-order valence-corrected chi connectivity index (χ0v) is 31.2. The van der Waals surface area contributed by atoms with Crippen LogP contribution in [0.4, 0.5) is 30.7 Å². The molecule has 0 unspecified atom stereocenters. The lowest BCUT2D eigenvalue weighted by Gasteiger charge is -2.34. The standard InChI is InChI=1S/C41H44F7N3O4/c1-7-25-15-28(35-23(5)13-22(4)14-24(35)6)38(43)36(37(25)42)31(17-34(53)54)49-39(55)32(12-21(2)3)51-20-29(30(16-33(51)52)41(46,47)48)26-8-10-50(11-9-26)19-27-18-40(27,44)45/h1,13-16,20-21,26-27,31-32H,8-12,17-19H2,2-6H3,(H,49,55)(H,53,54)/t27-,31-,32-/m1/s1. The molecule has 14 heteroatoms. The fourth-order valence-electron chi connectivity index (χ4n) is 7.90. The van der Waals surface area contributed by atoms with E-state index < -0.39 is 88.2 Å². The predicted octanol–water partition coefficient (Wildman–Crippen LogP) is 8.47. The van der Waals surface area contributed by atoms with Crippen LogP contribution >= 0.6 is 0 Å². The number of aromatic nitrogens is 1. The van der Waals surface area contributed by atoms with Crippen LogP contribution in [0, 0.1) is 56.6 Å². The number of hydrogen-bond donors (Lipinski definition) is 2. The second-order valence-corrected chi connectivity index (χ2v) is 15.4. The molecule has 0 spiro atoms. The van der Waals surface area contributed by atoms with Crippen molar-refractivity contribution in [2.24, 2.45) is 11.8 Å². The number of benzene rings is 2. The summed E-state index contributed by atoms with van der Waals surface area (Å²) in [6.07, 6.45) is 0.648. The largest absolute Gasteiger partial charge is 0.481 e. The van der Waals surface area contributed by atoms with E-state index in [1.54, 1.807) is 44.7 Å². The SMILES string of the molecule is C#Cc1cc(-c2c(C)cc(C)cc2C)c(F)c([C@@H](CC(=O)O)NC(=O)[C@@H](CC(C)C)n2cc(C3CCN(C[C@H]4CC4(F)F)CC3)c(C(F)(F)F)cc2=O)c1F. The first kappa shape index (κ1) is 41.5. The number of aliphatic carboxylic acids is 1. The molecule has 2 heterocycles. The molecule has 5 rings (SSSR count). The fourth-order valence-corrected chi connectivity index (χ4v) is 7.90. The summed E-state index contributed by atoms with van der Waals surface area (Å²) in [6.45, 7) is 9.28. The van der Waals surface area contributed by atoms with Crippen molar-refractivity contribution in [3.8, 4) is 23.5 Å². The normalized spacial score (nSPS) is 18.5. The van der Waals surface area contributed by atoms with Gasteiger partial charge in [-0.15, -0.1) is 6.42 Å². The topological polar surface area (TPSA) is 91.6 Å². The summed E-state index contributed by atoms with van der Waals surface area (Å²) < 4.78 is 104. The van der Waals surface area contributed by atoms with Gasteiger partial charge in [0.1, 0.15) is 17.7 Å². The molecule has 2 N–H and O–H groups in total. The molecule has 3 aromatic rings. The van der Waals surface area contributed by atoms with Crippen LogP contribution < -0.4 is 10.9 Å². The van der Waals surface area contributed by atoms with Gasteiger partial charge in [0.25, 0.3) is 11.5 Å². The molecule has 55 heavy (non-hydrogen) atoms. The maximum atomic E-state index is 16.6. The Morgan fingerprint density at radius 2 is 1.64 bits per heavy atom. The van der Waals surface area contributed by atoms with E-state index in [9.17, 15) is 41.4 Å². The van der Waals surface area contributed by atoms with Crippen LogP contribution in [0.3, 0.4) is 0 Å². The maximum absolute atomic E-state index is 16.6. The number of nitrogens with one attached hydrogen (secondary N) is 1. The number of halogens is 7. The second kappa shape index (κ2) is 15.8. The first-order chi connectivity index (χ1) is 25.6. The molecular formula is C41H44F7N3O4. The second-order valence-electron chi connectivity index (χ2n) is 15.4. The van der Waals surface area contributed by atoms with Crippen molar-refractivity contribution in [1.82, 2.24) is 14.8 Å². The van der Waals surface area contributed by atoms with E-state index in [1.165, 1.54) is 0 Å². The van der Waals surface area contributed by atoms with Crippen molar-refractivity contribution in [2.75, 3.05) is 19.6 Å². The van der Waals surface area contributed by atoms with Gasteiger partial charge < -0.3 is 19.9 Å². The molecule has 0 bridgehead atoms. The third kappa shape index (κ3) is 9.09. The van der Waals surface area contributed by atoms with Gasteiger partial charge >= 0.3 is 12.1 Å². The molecule has 2 aromatic carbocycles. The quantitative estimate of drug-likeness (QED) is 0.142. The van der Waals surface area contributed by atoms with Gasteiger partial charge in [-0.05, 0) is 93.3 Å². The molecule has 1 aliphatic heterocycles. The van der Waals surface area contributed by atoms with Crippen LogP contribution in [0.2, 0.25) is 0 Å². The van der Waals surface area contributed by atoms with E-state index in [0.29, 0.717) is 22.8 Å². The number of hydrogen-bond acceptors (Lipinski definition) is 4. The third-order valence-corrected chi connectivity index (χ3v) is 10.6. The van der Waals surface area contributed by atoms with Crippen molar-refractivity contribution in [2.45, 2.75) is 96.8 Å². The van der Waals surface area contributed by atoms with Crippen LogP contribution in [-0.4, -0.2) is 52.0 Å². The lowest BCUT2D eigenvalue weighted by Crippen LogP contribution is -2.41. The smallest absolute Gasteiger partial charge is 0.416 e. The van der Waals surface area contributed by atoms with Crippen LogP contribution in [-0.2, 0) is 15.8 Å². The van der Waals surface area contributed by atoms with Crippen molar-refractivity contribution in [3.63, 3.8) is 0 Å². The summed E-state index contributed by atoms with van der Waals surface area (Å²) in [7, 11) is 0. The van der Waals surface area contributed by atoms with Gasteiger partial charge in [-0.25, -0.2) is 17.6 Å². The Morgan fingerprint density at radius 3 is 2.15 bits per heavy atom. The van der Waals surface area contributed by atoms with Gasteiger partial charge in [0.15, 0.2) is 0 Å². The van der Waals surface area contributed by atoms with Crippen LogP contribution in [0.1, 0.15) is 103 Å². The number of piperidine rings is 1. The Labute approximate surface area is 314 Å². The van der Waals surface area contributed by atoms with Gasteiger partial charge in [0, 0.05) is 42.3 Å². The van der Waals surface area contributed by atoms with Crippen LogP contribution in [0.5, 0.6) is 0 Å². The molecule has 0 radical (unpaired) electrons. The third-order valence-electron chi connectivity index (χ3n) is 10.6. The summed E-state index contributed by atoms with van der Waals surface area (Å²) in [5, 5.41) is 12.3. The molecule has 2 aliphatic rings. The molecule has 7 nitrogen and oxygen atoms in total. The molecule has 3 atom stereocenters. The summed E-state index contributed by atoms with van der Waals surface area (Å²) in [5.41, 5.74) is -1.42. The number of carbonyl (C=O) groups is 2. The van der Waals surface area contributed by atoms with E-state index in [4.69, 9.17) is 6.42 Å². The van der Waals surface area contributed by atoms with Crippen molar-refractivity contribution in [3.05, 3.63) is 91.4 Å². The Hall–Kier alpha value is -4.64. The average molecular weight is 776 g/mol. The van der Waals surface area contributed by atoms with Gasteiger partial charge in [-0.1, -0.05) is 37.5 Å². The summed E-state index contributed by atoms with van der Waals surface area (Å²) in [5.74, 6) is -7.47. The van der Waals surface area contributed by atoms with Crippen molar-refractivity contribution >= 4 is 11.9 Å². The number of rotatable bonds is 12. The van der Waals surface area contributed by atoms with Gasteiger partial charge in [-0.3, -0.25) is 14.4 Å². The fraction of sp³-hybridized carbons (Fsp3) is 0.488. The molecular weight excluding hydrogens is 731 g/mol. The summed E-state index contributed by atoms with van der Waals surface area (Å²) in [4.78, 5) is 41.6. The van der Waals surface area contributed by atoms with Crippen LogP contribution in [0.25, 0.3) is 11.1 Å². The number of pyridine rings is 1. The Morgan fingerprint density at radius 1 is 1.04 bits per heavy atom. The average Bonchev–Trinajstić information content (AvgIpc) is 3.68. The summed E-state index contributed by atoms with van der Waals surface area (Å²) >= 11 is 0. The summed E-state index contributed by atoms with van der Waals surface area (Å²) in [6, 6.07) is 1.73. The molecule has 1 aliphatic carbocycles. The van der Waals surface area contributed by atoms with Gasteiger partial charge in [0.2, 0.25) is 5.91 Å². The number of likely N-dealkylation sites (tertiary alicyclic amines) is 1. The molecule has 2 fully saturated rings. The van der Waals surface area contributed by atoms with E-state index in [2.05, 4.69) is 11.2 Å². The van der Waals surface area contributed by atoms with E-state index in [-0.39, 0.29) is 62.4 Å². The highest BCUT2D eigenvalue weighted by Crippen LogP contribution is 2.49. The van der Waals surface area contributed by atoms with Crippen molar-refractivity contribution in [1.29, 1.82) is 0 Å². The molecule has 1 saturated carbocycles. The monoisotopic (exact) mass is 775 g/mol. The highest BCUT2D eigenvalue weighted by Gasteiger charge is 2.57.